The average molecular weight is 459 g/mol. The van der Waals surface area contributed by atoms with Gasteiger partial charge in [-0.05, 0) is 47.9 Å². The third kappa shape index (κ3) is 3.75. The molecule has 0 saturated carbocycles. The van der Waals surface area contributed by atoms with Gasteiger partial charge in [-0.2, -0.15) is 0 Å². The molecule has 0 saturated heterocycles. The third-order valence-corrected chi connectivity index (χ3v) is 5.73. The van der Waals surface area contributed by atoms with E-state index in [1.54, 1.807) is 36.4 Å². The van der Waals surface area contributed by atoms with Crippen LogP contribution in [0.25, 0.3) is 33.3 Å². The molecule has 1 N–H and O–H groups in total. The Balaban J connectivity index is 1.51. The monoisotopic (exact) mass is 458 g/mol. The van der Waals surface area contributed by atoms with Crippen LogP contribution in [0, 0.1) is 0 Å². The number of aromatic nitrogens is 1. The largest absolute Gasteiger partial charge is 0.496 e. The maximum atomic E-state index is 13.0. The van der Waals surface area contributed by atoms with E-state index in [0.717, 1.165) is 16.3 Å². The maximum Gasteiger partial charge on any atom is 0.263 e. The first-order valence-electron chi connectivity index (χ1n) is 10.2. The Labute approximate surface area is 194 Å². The fourth-order valence-corrected chi connectivity index (χ4v) is 4.08. The molecule has 0 aliphatic carbocycles. The van der Waals surface area contributed by atoms with Crippen molar-refractivity contribution in [3.8, 4) is 23.0 Å². The van der Waals surface area contributed by atoms with Gasteiger partial charge in [0, 0.05) is 21.7 Å². The number of carbonyl (C=O) groups is 1. The molecule has 0 aliphatic rings. The number of halogens is 1. The summed E-state index contributed by atoms with van der Waals surface area (Å²) in [6, 6.07) is 22.0. The van der Waals surface area contributed by atoms with Crippen LogP contribution in [0.4, 0.5) is 5.69 Å². The molecular weight excluding hydrogens is 440 g/mol. The van der Waals surface area contributed by atoms with E-state index in [1.165, 1.54) is 14.2 Å². The van der Waals surface area contributed by atoms with E-state index in [9.17, 15) is 4.79 Å². The van der Waals surface area contributed by atoms with Crippen LogP contribution in [-0.2, 0) is 0 Å². The summed E-state index contributed by atoms with van der Waals surface area (Å²) >= 11 is 6.35. The average Bonchev–Trinajstić information content (AvgIpc) is 3.26. The van der Waals surface area contributed by atoms with Crippen LogP contribution < -0.4 is 14.8 Å². The van der Waals surface area contributed by atoms with Crippen LogP contribution in [0.3, 0.4) is 0 Å². The van der Waals surface area contributed by atoms with Gasteiger partial charge in [-0.1, -0.05) is 41.9 Å². The number of nitrogens with zero attached hydrogens (tertiary/aromatic N) is 1. The first-order chi connectivity index (χ1) is 16.1. The number of nitrogens with one attached hydrogen (secondary N) is 1. The normalized spacial score (nSPS) is 11.0. The van der Waals surface area contributed by atoms with Crippen molar-refractivity contribution < 1.29 is 18.7 Å². The second-order valence-electron chi connectivity index (χ2n) is 7.33. The number of carbonyl (C=O) groups excluding carboxylic acids is 1. The van der Waals surface area contributed by atoms with Crippen molar-refractivity contribution >= 4 is 45.1 Å². The molecule has 0 fully saturated rings. The Morgan fingerprint density at radius 1 is 0.909 bits per heavy atom. The summed E-state index contributed by atoms with van der Waals surface area (Å²) in [5, 5.41) is 5.44. The van der Waals surface area contributed by atoms with Crippen molar-refractivity contribution in [1.29, 1.82) is 0 Å². The highest BCUT2D eigenvalue weighted by atomic mass is 35.5. The van der Waals surface area contributed by atoms with Crippen LogP contribution in [0.2, 0.25) is 5.02 Å². The van der Waals surface area contributed by atoms with Crippen LogP contribution in [0.5, 0.6) is 11.5 Å². The number of benzene rings is 4. The van der Waals surface area contributed by atoms with Gasteiger partial charge in [0.15, 0.2) is 5.58 Å². The molecule has 0 aliphatic heterocycles. The number of hydrogen-bond acceptors (Lipinski definition) is 5. The van der Waals surface area contributed by atoms with Gasteiger partial charge in [0.25, 0.3) is 5.91 Å². The van der Waals surface area contributed by atoms with Crippen molar-refractivity contribution in [3.05, 3.63) is 83.4 Å². The fourth-order valence-electron chi connectivity index (χ4n) is 3.85. The summed E-state index contributed by atoms with van der Waals surface area (Å²) in [7, 11) is 3.02. The molecule has 33 heavy (non-hydrogen) atoms. The molecule has 6 nitrogen and oxygen atoms in total. The lowest BCUT2D eigenvalue weighted by molar-refractivity contribution is 0.102. The summed E-state index contributed by atoms with van der Waals surface area (Å²) in [5.41, 5.74) is 2.96. The third-order valence-electron chi connectivity index (χ3n) is 5.40. The van der Waals surface area contributed by atoms with Crippen molar-refractivity contribution in [3.63, 3.8) is 0 Å². The standard InChI is InChI=1S/C26H19ClN2O4/c1-31-22-10-5-11-23(32-2)24(22)25(30)28-15-12-13-21-20(14-15)29-26(33-21)18-8-3-7-17-16(18)6-4-9-19(17)27/h3-14H,1-2H3,(H,28,30). The predicted molar refractivity (Wildman–Crippen MR) is 129 cm³/mol. The van der Waals surface area contributed by atoms with Crippen LogP contribution in [0.1, 0.15) is 10.4 Å². The van der Waals surface area contributed by atoms with Gasteiger partial charge in [-0.3, -0.25) is 4.79 Å². The molecule has 0 radical (unpaired) electrons. The summed E-state index contributed by atoms with van der Waals surface area (Å²) in [4.78, 5) is 17.6. The Kier molecular flexibility index (Phi) is 5.36. The molecular formula is C26H19ClN2O4. The Bertz CT molecular complexity index is 1490. The number of anilines is 1. The number of hydrogen-bond donors (Lipinski definition) is 1. The van der Waals surface area contributed by atoms with Gasteiger partial charge in [-0.15, -0.1) is 0 Å². The molecule has 164 valence electrons. The summed E-state index contributed by atoms with van der Waals surface area (Å²) in [6.07, 6.45) is 0. The zero-order chi connectivity index (χ0) is 22.9. The lowest BCUT2D eigenvalue weighted by atomic mass is 10.0. The number of ether oxygens (including phenoxy) is 2. The molecule has 1 aromatic heterocycles. The lowest BCUT2D eigenvalue weighted by Gasteiger charge is -2.12. The topological polar surface area (TPSA) is 73.6 Å². The summed E-state index contributed by atoms with van der Waals surface area (Å²) in [6.45, 7) is 0. The van der Waals surface area contributed by atoms with E-state index in [4.69, 9.17) is 25.5 Å². The second kappa shape index (κ2) is 8.48. The highest BCUT2D eigenvalue weighted by Crippen LogP contribution is 2.34. The zero-order valence-electron chi connectivity index (χ0n) is 17.9. The van der Waals surface area contributed by atoms with Crippen molar-refractivity contribution in [2.75, 3.05) is 19.5 Å². The van der Waals surface area contributed by atoms with Gasteiger partial charge in [0.1, 0.15) is 22.6 Å². The van der Waals surface area contributed by atoms with E-state index < -0.39 is 0 Å². The molecule has 0 spiro atoms. The Hall–Kier alpha value is -4.03. The fraction of sp³-hybridized carbons (Fsp3) is 0.0769. The highest BCUT2D eigenvalue weighted by molar-refractivity contribution is 6.35. The Morgan fingerprint density at radius 2 is 1.61 bits per heavy atom. The van der Waals surface area contributed by atoms with Crippen molar-refractivity contribution in [2.24, 2.45) is 0 Å². The maximum absolute atomic E-state index is 13.0. The van der Waals surface area contributed by atoms with E-state index in [0.29, 0.717) is 44.8 Å². The Morgan fingerprint density at radius 3 is 2.36 bits per heavy atom. The molecule has 1 heterocycles. The molecule has 0 unspecified atom stereocenters. The molecule has 7 heteroatoms. The molecule has 5 aromatic rings. The molecule has 5 rings (SSSR count). The lowest BCUT2D eigenvalue weighted by Crippen LogP contribution is -2.14. The number of fused-ring (bicyclic) bond motifs is 2. The summed E-state index contributed by atoms with van der Waals surface area (Å²) < 4.78 is 16.7. The summed E-state index contributed by atoms with van der Waals surface area (Å²) in [5.74, 6) is 0.973. The van der Waals surface area contributed by atoms with Crippen molar-refractivity contribution in [1.82, 2.24) is 4.98 Å². The van der Waals surface area contributed by atoms with E-state index in [1.807, 2.05) is 36.4 Å². The molecule has 0 atom stereocenters. The number of rotatable bonds is 5. The minimum absolute atomic E-state index is 0.316. The first-order valence-corrected chi connectivity index (χ1v) is 10.6. The number of amides is 1. The van der Waals surface area contributed by atoms with Gasteiger partial charge in [-0.25, -0.2) is 4.98 Å². The van der Waals surface area contributed by atoms with Gasteiger partial charge in [0.2, 0.25) is 5.89 Å². The quantitative estimate of drug-likeness (QED) is 0.322. The van der Waals surface area contributed by atoms with Gasteiger partial charge in [0.05, 0.1) is 14.2 Å². The number of oxazole rings is 1. The van der Waals surface area contributed by atoms with E-state index >= 15 is 0 Å². The second-order valence-corrected chi connectivity index (χ2v) is 7.74. The van der Waals surface area contributed by atoms with Crippen LogP contribution in [0.15, 0.2) is 77.2 Å². The van der Waals surface area contributed by atoms with E-state index in [-0.39, 0.29) is 5.91 Å². The van der Waals surface area contributed by atoms with Crippen LogP contribution >= 0.6 is 11.6 Å². The predicted octanol–water partition coefficient (Wildman–Crippen LogP) is 6.57. The van der Waals surface area contributed by atoms with Gasteiger partial charge < -0.3 is 19.2 Å². The smallest absolute Gasteiger partial charge is 0.263 e. The van der Waals surface area contributed by atoms with E-state index in [2.05, 4.69) is 10.3 Å². The molecule has 4 aromatic carbocycles. The minimum atomic E-state index is -0.351. The van der Waals surface area contributed by atoms with Crippen LogP contribution in [-0.4, -0.2) is 25.1 Å². The zero-order valence-corrected chi connectivity index (χ0v) is 18.6. The van der Waals surface area contributed by atoms with Gasteiger partial charge >= 0.3 is 0 Å². The molecule has 1 amide bonds. The first kappa shape index (κ1) is 20.8. The van der Waals surface area contributed by atoms with Crippen molar-refractivity contribution in [2.45, 2.75) is 0 Å². The SMILES string of the molecule is COc1cccc(OC)c1C(=O)Nc1ccc2oc(-c3cccc4c(Cl)cccc34)nc2c1. The number of methoxy groups -OCH3 is 2. The molecule has 0 bridgehead atoms. The highest BCUT2D eigenvalue weighted by Gasteiger charge is 2.19. The minimum Gasteiger partial charge on any atom is -0.496 e.